The second-order valence-corrected chi connectivity index (χ2v) is 8.12. The van der Waals surface area contributed by atoms with Crippen LogP contribution in [0.1, 0.15) is 5.76 Å². The predicted octanol–water partition coefficient (Wildman–Crippen LogP) is 1.32. The maximum Gasteiger partial charge on any atom is 0.433 e. The average Bonchev–Trinajstić information content (AvgIpc) is 3.45. The molecule has 2 fully saturated rings. The van der Waals surface area contributed by atoms with E-state index in [0.29, 0.717) is 36.2 Å². The molecule has 2 aromatic heterocycles. The Labute approximate surface area is 195 Å². The molecule has 2 N–H and O–H groups in total. The molecule has 0 aromatic carbocycles. The third-order valence-electron chi connectivity index (χ3n) is 5.54. The van der Waals surface area contributed by atoms with Gasteiger partial charge in [-0.1, -0.05) is 0 Å². The Bertz CT molecular complexity index is 1010. The molecule has 12 nitrogen and oxygen atoms in total. The molecule has 0 unspecified atom stereocenters. The van der Waals surface area contributed by atoms with Crippen molar-refractivity contribution < 1.29 is 18.9 Å². The molecule has 2 aromatic rings. The number of hydrogen-bond donors (Lipinski definition) is 2. The number of cyclic esters (lactones) is 1. The Morgan fingerprint density at radius 2 is 2.06 bits per heavy atom. The second-order valence-electron chi connectivity index (χ2n) is 7.71. The molecule has 2 saturated heterocycles. The minimum atomic E-state index is -0.533. The van der Waals surface area contributed by atoms with Gasteiger partial charge >= 0.3 is 12.0 Å². The first kappa shape index (κ1) is 22.7. The second kappa shape index (κ2) is 10.0. The standard InChI is InChI=1S/C20H25N7O5S/c1-21-19(33)23-11-16-13-26(20(28)32-16)14-2-4-17(22-10-14)25-8-6-24(7-9-25)12-15-3-5-18(31-15)27(29)30/h2-5,10,16H,6-9,11-13H2,1H3,(H2,21,23,33)/t16-/m0/s1. The van der Waals surface area contributed by atoms with Crippen LogP contribution in [0.25, 0.3) is 0 Å². The summed E-state index contributed by atoms with van der Waals surface area (Å²) in [6.07, 6.45) is 0.976. The van der Waals surface area contributed by atoms with Gasteiger partial charge < -0.3 is 24.7 Å². The summed E-state index contributed by atoms with van der Waals surface area (Å²) in [5.74, 6) is 1.17. The maximum atomic E-state index is 12.2. The summed E-state index contributed by atoms with van der Waals surface area (Å²) in [5, 5.41) is 17.1. The summed E-state index contributed by atoms with van der Waals surface area (Å²) in [4.78, 5) is 32.9. The van der Waals surface area contributed by atoms with Crippen molar-refractivity contribution in [2.24, 2.45) is 0 Å². The van der Waals surface area contributed by atoms with Crippen molar-refractivity contribution in [1.82, 2.24) is 20.5 Å². The largest absolute Gasteiger partial charge is 0.442 e. The van der Waals surface area contributed by atoms with Crippen LogP contribution in [0.4, 0.5) is 22.2 Å². The smallest absolute Gasteiger partial charge is 0.433 e. The van der Waals surface area contributed by atoms with Crippen LogP contribution in [-0.4, -0.2) is 78.4 Å². The minimum Gasteiger partial charge on any atom is -0.442 e. The number of thiocarbonyl (C=S) groups is 1. The van der Waals surface area contributed by atoms with Gasteiger partial charge in [-0.3, -0.25) is 19.9 Å². The number of nitrogens with one attached hydrogen (secondary N) is 2. The summed E-state index contributed by atoms with van der Waals surface area (Å²) in [6, 6.07) is 6.79. The third-order valence-corrected chi connectivity index (χ3v) is 5.89. The van der Waals surface area contributed by atoms with E-state index in [2.05, 4.69) is 25.4 Å². The third kappa shape index (κ3) is 5.49. The zero-order chi connectivity index (χ0) is 23.4. The van der Waals surface area contributed by atoms with Crippen LogP contribution in [0.2, 0.25) is 0 Å². The van der Waals surface area contributed by atoms with Crippen LogP contribution in [0.5, 0.6) is 0 Å². The van der Waals surface area contributed by atoms with Crippen molar-refractivity contribution in [3.05, 3.63) is 46.3 Å². The molecular formula is C20H25N7O5S. The molecule has 0 spiro atoms. The lowest BCUT2D eigenvalue weighted by Gasteiger charge is -2.35. The van der Waals surface area contributed by atoms with Gasteiger partial charge in [-0.25, -0.2) is 9.78 Å². The van der Waals surface area contributed by atoms with Crippen LogP contribution in [0.3, 0.4) is 0 Å². The van der Waals surface area contributed by atoms with E-state index in [4.69, 9.17) is 21.4 Å². The molecule has 4 rings (SSSR count). The van der Waals surface area contributed by atoms with E-state index in [1.54, 1.807) is 24.2 Å². The normalized spacial score (nSPS) is 18.8. The van der Waals surface area contributed by atoms with Crippen LogP contribution in [0.15, 0.2) is 34.9 Å². The predicted molar refractivity (Wildman–Crippen MR) is 124 cm³/mol. The van der Waals surface area contributed by atoms with Gasteiger partial charge in [-0.2, -0.15) is 0 Å². The van der Waals surface area contributed by atoms with Gasteiger partial charge in [0, 0.05) is 33.2 Å². The minimum absolute atomic E-state index is 0.237. The Morgan fingerprint density at radius 3 is 2.70 bits per heavy atom. The number of rotatable bonds is 7. The number of furan rings is 1. The highest BCUT2D eigenvalue weighted by Crippen LogP contribution is 2.24. The van der Waals surface area contributed by atoms with Gasteiger partial charge in [-0.05, 0) is 30.4 Å². The zero-order valence-electron chi connectivity index (χ0n) is 18.1. The van der Waals surface area contributed by atoms with Crippen LogP contribution in [0, 0.1) is 10.1 Å². The van der Waals surface area contributed by atoms with Gasteiger partial charge in [-0.15, -0.1) is 0 Å². The monoisotopic (exact) mass is 475 g/mol. The van der Waals surface area contributed by atoms with Crippen molar-refractivity contribution in [3.63, 3.8) is 0 Å². The first-order valence-electron chi connectivity index (χ1n) is 10.5. The lowest BCUT2D eigenvalue weighted by atomic mass is 10.2. The highest BCUT2D eigenvalue weighted by Gasteiger charge is 2.32. The molecule has 1 atom stereocenters. The van der Waals surface area contributed by atoms with E-state index in [0.717, 1.165) is 32.0 Å². The first-order chi connectivity index (χ1) is 15.9. The number of carbonyl (C=O) groups is 1. The molecule has 0 aliphatic carbocycles. The van der Waals surface area contributed by atoms with Crippen molar-refractivity contribution in [1.29, 1.82) is 0 Å². The zero-order valence-corrected chi connectivity index (χ0v) is 18.9. The summed E-state index contributed by atoms with van der Waals surface area (Å²) >= 11 is 5.05. The number of piperazine rings is 1. The van der Waals surface area contributed by atoms with Crippen LogP contribution in [-0.2, 0) is 11.3 Å². The number of pyridine rings is 1. The molecule has 0 bridgehead atoms. The number of nitrogens with zero attached hydrogens (tertiary/aromatic N) is 5. The quantitative estimate of drug-likeness (QED) is 0.342. The molecule has 0 saturated carbocycles. The Kier molecular flexibility index (Phi) is 6.89. The van der Waals surface area contributed by atoms with Gasteiger partial charge in [0.15, 0.2) is 5.11 Å². The number of carbonyl (C=O) groups excluding carboxylic acids is 1. The van der Waals surface area contributed by atoms with Crippen LogP contribution < -0.4 is 20.4 Å². The highest BCUT2D eigenvalue weighted by molar-refractivity contribution is 7.80. The fraction of sp³-hybridized carbons (Fsp3) is 0.450. The molecular weight excluding hydrogens is 450 g/mol. The fourth-order valence-electron chi connectivity index (χ4n) is 3.76. The molecule has 1 amide bonds. The van der Waals surface area contributed by atoms with Crippen LogP contribution >= 0.6 is 12.2 Å². The van der Waals surface area contributed by atoms with Gasteiger partial charge in [0.1, 0.15) is 22.6 Å². The Hall–Kier alpha value is -3.45. The number of nitro groups is 1. The van der Waals surface area contributed by atoms with Gasteiger partial charge in [0.2, 0.25) is 0 Å². The number of amides is 1. The summed E-state index contributed by atoms with van der Waals surface area (Å²) in [7, 11) is 1.72. The lowest BCUT2D eigenvalue weighted by molar-refractivity contribution is -0.402. The fourth-order valence-corrected chi connectivity index (χ4v) is 3.85. The van der Waals surface area contributed by atoms with E-state index >= 15 is 0 Å². The van der Waals surface area contributed by atoms with E-state index in [9.17, 15) is 14.9 Å². The summed E-state index contributed by atoms with van der Waals surface area (Å²) < 4.78 is 10.6. The number of anilines is 2. The number of aromatic nitrogens is 1. The molecule has 176 valence electrons. The first-order valence-corrected chi connectivity index (χ1v) is 10.9. The SMILES string of the molecule is CNC(=S)NC[C@H]1CN(c2ccc(N3CCN(Cc4ccc([N+](=O)[O-])o4)CC3)nc2)C(=O)O1. The molecule has 0 radical (unpaired) electrons. The average molecular weight is 476 g/mol. The topological polar surface area (TPSA) is 129 Å². The van der Waals surface area contributed by atoms with Crippen molar-refractivity contribution >= 4 is 40.8 Å². The molecule has 13 heteroatoms. The van der Waals surface area contributed by atoms with Crippen molar-refractivity contribution in [3.8, 4) is 0 Å². The Morgan fingerprint density at radius 1 is 1.27 bits per heavy atom. The van der Waals surface area contributed by atoms with E-state index < -0.39 is 11.0 Å². The van der Waals surface area contributed by atoms with Gasteiger partial charge in [0.05, 0.1) is 37.6 Å². The van der Waals surface area contributed by atoms with E-state index in [1.165, 1.54) is 6.07 Å². The highest BCUT2D eigenvalue weighted by atomic mass is 32.1. The Balaban J connectivity index is 1.28. The maximum absolute atomic E-state index is 12.2. The molecule has 4 heterocycles. The number of hydrogen-bond acceptors (Lipinski definition) is 9. The molecule has 33 heavy (non-hydrogen) atoms. The summed E-state index contributed by atoms with van der Waals surface area (Å²) in [5.41, 5.74) is 0.681. The van der Waals surface area contributed by atoms with Gasteiger partial charge in [0.25, 0.3) is 0 Å². The number of ether oxygens (including phenoxy) is 1. The van der Waals surface area contributed by atoms with E-state index in [1.807, 2.05) is 12.1 Å². The molecule has 2 aliphatic rings. The summed E-state index contributed by atoms with van der Waals surface area (Å²) in [6.45, 7) is 4.46. The molecule has 2 aliphatic heterocycles. The van der Waals surface area contributed by atoms with Crippen molar-refractivity contribution in [2.75, 3.05) is 56.1 Å². The van der Waals surface area contributed by atoms with E-state index in [-0.39, 0.29) is 12.0 Å². The lowest BCUT2D eigenvalue weighted by Crippen LogP contribution is -2.46. The van der Waals surface area contributed by atoms with Crippen molar-refractivity contribution in [2.45, 2.75) is 12.6 Å².